The van der Waals surface area contributed by atoms with Gasteiger partial charge in [0.15, 0.2) is 5.11 Å². The van der Waals surface area contributed by atoms with Gasteiger partial charge in [0.05, 0.1) is 30.0 Å². The van der Waals surface area contributed by atoms with E-state index in [1.165, 1.54) is 37.7 Å². The SMILES string of the molecule is S=C1N[C@@H](c2ccccn2)[C@@H](c2ccn(C3CCCCC3)c2)N1Cc1ccccn1. The van der Waals surface area contributed by atoms with Crippen LogP contribution in [0.4, 0.5) is 0 Å². The minimum Gasteiger partial charge on any atom is -0.352 e. The average Bonchev–Trinajstić information content (AvgIpc) is 3.41. The Balaban J connectivity index is 1.49. The van der Waals surface area contributed by atoms with Crippen molar-refractivity contribution in [3.63, 3.8) is 0 Å². The van der Waals surface area contributed by atoms with Crippen LogP contribution in [-0.2, 0) is 6.54 Å². The third-order valence-corrected chi connectivity index (χ3v) is 6.68. The highest BCUT2D eigenvalue weighted by atomic mass is 32.1. The van der Waals surface area contributed by atoms with Crippen LogP contribution in [0.15, 0.2) is 67.3 Å². The van der Waals surface area contributed by atoms with E-state index in [0.717, 1.165) is 16.5 Å². The molecule has 0 bridgehead atoms. The van der Waals surface area contributed by atoms with Crippen molar-refractivity contribution >= 4 is 17.3 Å². The van der Waals surface area contributed by atoms with Crippen LogP contribution < -0.4 is 5.32 Å². The van der Waals surface area contributed by atoms with Gasteiger partial charge in [0.2, 0.25) is 0 Å². The Labute approximate surface area is 183 Å². The average molecular weight is 418 g/mol. The number of pyridine rings is 2. The Hall–Kier alpha value is -2.73. The van der Waals surface area contributed by atoms with Crippen molar-refractivity contribution < 1.29 is 0 Å². The summed E-state index contributed by atoms with van der Waals surface area (Å²) in [6.45, 7) is 0.676. The quantitative estimate of drug-likeness (QED) is 0.595. The van der Waals surface area contributed by atoms with Gasteiger partial charge in [-0.15, -0.1) is 0 Å². The molecule has 5 rings (SSSR count). The van der Waals surface area contributed by atoms with Gasteiger partial charge < -0.3 is 14.8 Å². The summed E-state index contributed by atoms with van der Waals surface area (Å²) in [5, 5.41) is 4.29. The molecule has 0 spiro atoms. The lowest BCUT2D eigenvalue weighted by molar-refractivity contribution is 0.306. The second-order valence-electron chi connectivity index (χ2n) is 8.26. The van der Waals surface area contributed by atoms with E-state index in [-0.39, 0.29) is 12.1 Å². The van der Waals surface area contributed by atoms with Crippen molar-refractivity contribution in [1.29, 1.82) is 0 Å². The Morgan fingerprint density at radius 3 is 2.50 bits per heavy atom. The van der Waals surface area contributed by atoms with E-state index >= 15 is 0 Å². The fourth-order valence-corrected chi connectivity index (χ4v) is 5.12. The van der Waals surface area contributed by atoms with Crippen molar-refractivity contribution in [3.8, 4) is 0 Å². The first-order valence-electron chi connectivity index (χ1n) is 10.8. The normalized spacial score (nSPS) is 22.3. The molecule has 1 N–H and O–H groups in total. The van der Waals surface area contributed by atoms with Crippen molar-refractivity contribution in [2.75, 3.05) is 0 Å². The maximum absolute atomic E-state index is 5.78. The highest BCUT2D eigenvalue weighted by molar-refractivity contribution is 7.80. The summed E-state index contributed by atoms with van der Waals surface area (Å²) >= 11 is 5.78. The van der Waals surface area contributed by atoms with Gasteiger partial charge in [0.25, 0.3) is 0 Å². The van der Waals surface area contributed by atoms with Crippen LogP contribution in [0.2, 0.25) is 0 Å². The van der Waals surface area contributed by atoms with Gasteiger partial charge in [-0.05, 0) is 61.0 Å². The Bertz CT molecular complexity index is 981. The van der Waals surface area contributed by atoms with E-state index in [9.17, 15) is 0 Å². The molecule has 30 heavy (non-hydrogen) atoms. The lowest BCUT2D eigenvalue weighted by Gasteiger charge is -2.27. The standard InChI is InChI=1S/C24H27N5S/c30-24-27-22(21-11-5-7-14-26-21)23(29(24)17-19-8-4-6-13-25-19)18-12-15-28(16-18)20-9-2-1-3-10-20/h4-8,11-16,20,22-23H,1-3,9-10,17H2,(H,27,30)/t22-,23+/m0/s1. The number of aromatic nitrogens is 3. The van der Waals surface area contributed by atoms with Gasteiger partial charge >= 0.3 is 0 Å². The second kappa shape index (κ2) is 8.56. The minimum atomic E-state index is 0.0182. The van der Waals surface area contributed by atoms with E-state index < -0.39 is 0 Å². The predicted molar refractivity (Wildman–Crippen MR) is 122 cm³/mol. The fourth-order valence-electron chi connectivity index (χ4n) is 4.82. The van der Waals surface area contributed by atoms with Crippen LogP contribution in [0.25, 0.3) is 0 Å². The number of nitrogens with one attached hydrogen (secondary N) is 1. The fraction of sp³-hybridized carbons (Fsp3) is 0.375. The van der Waals surface area contributed by atoms with Crippen molar-refractivity contribution in [2.45, 2.75) is 56.8 Å². The summed E-state index contributed by atoms with van der Waals surface area (Å²) in [5.41, 5.74) is 3.30. The molecule has 3 aromatic heterocycles. The molecular weight excluding hydrogens is 390 g/mol. The third-order valence-electron chi connectivity index (χ3n) is 6.33. The molecule has 4 heterocycles. The molecule has 3 aromatic rings. The molecule has 1 aliphatic carbocycles. The number of hydrogen-bond donors (Lipinski definition) is 1. The van der Waals surface area contributed by atoms with E-state index in [4.69, 9.17) is 12.2 Å². The first-order valence-corrected chi connectivity index (χ1v) is 11.3. The molecule has 1 saturated heterocycles. The molecule has 5 nitrogen and oxygen atoms in total. The molecule has 154 valence electrons. The zero-order chi connectivity index (χ0) is 20.3. The van der Waals surface area contributed by atoms with Gasteiger partial charge in [0, 0.05) is 30.8 Å². The number of nitrogens with zero attached hydrogens (tertiary/aromatic N) is 4. The molecule has 0 radical (unpaired) electrons. The highest BCUT2D eigenvalue weighted by Gasteiger charge is 2.40. The summed E-state index contributed by atoms with van der Waals surface area (Å²) < 4.78 is 2.42. The topological polar surface area (TPSA) is 46.0 Å². The summed E-state index contributed by atoms with van der Waals surface area (Å²) in [7, 11) is 0. The largest absolute Gasteiger partial charge is 0.352 e. The minimum absolute atomic E-state index is 0.0182. The first-order chi connectivity index (χ1) is 14.8. The summed E-state index contributed by atoms with van der Waals surface area (Å²) in [6, 6.07) is 15.1. The van der Waals surface area contributed by atoms with Crippen molar-refractivity contribution in [1.82, 2.24) is 24.8 Å². The smallest absolute Gasteiger partial charge is 0.170 e. The molecule has 0 amide bonds. The van der Waals surface area contributed by atoms with Crippen LogP contribution in [-0.4, -0.2) is 24.5 Å². The molecule has 2 atom stereocenters. The van der Waals surface area contributed by atoms with Crippen LogP contribution in [0.1, 0.15) is 67.2 Å². The number of hydrogen-bond acceptors (Lipinski definition) is 3. The van der Waals surface area contributed by atoms with Crippen LogP contribution >= 0.6 is 12.2 Å². The Morgan fingerprint density at radius 2 is 1.77 bits per heavy atom. The van der Waals surface area contributed by atoms with Gasteiger partial charge in [-0.25, -0.2) is 0 Å². The maximum atomic E-state index is 5.78. The van der Waals surface area contributed by atoms with Crippen molar-refractivity contribution in [2.24, 2.45) is 0 Å². The molecule has 1 saturated carbocycles. The highest BCUT2D eigenvalue weighted by Crippen LogP contribution is 2.40. The van der Waals surface area contributed by atoms with Crippen LogP contribution in [0.5, 0.6) is 0 Å². The lowest BCUT2D eigenvalue weighted by Crippen LogP contribution is -2.29. The summed E-state index contributed by atoms with van der Waals surface area (Å²) in [5.74, 6) is 0. The third kappa shape index (κ3) is 3.84. The van der Waals surface area contributed by atoms with E-state index in [1.54, 1.807) is 0 Å². The molecule has 2 aliphatic rings. The van der Waals surface area contributed by atoms with Crippen molar-refractivity contribution in [3.05, 3.63) is 84.2 Å². The van der Waals surface area contributed by atoms with E-state index in [0.29, 0.717) is 12.6 Å². The van der Waals surface area contributed by atoms with Crippen LogP contribution in [0, 0.1) is 0 Å². The first kappa shape index (κ1) is 19.2. The maximum Gasteiger partial charge on any atom is 0.170 e. The molecule has 2 fully saturated rings. The zero-order valence-electron chi connectivity index (χ0n) is 17.0. The van der Waals surface area contributed by atoms with E-state index in [2.05, 4.69) is 55.3 Å². The number of thiocarbonyl (C=S) groups is 1. The lowest BCUT2D eigenvalue weighted by atomic mass is 9.95. The van der Waals surface area contributed by atoms with Gasteiger partial charge in [-0.1, -0.05) is 31.4 Å². The Morgan fingerprint density at radius 1 is 0.967 bits per heavy atom. The second-order valence-corrected chi connectivity index (χ2v) is 8.65. The molecule has 1 aliphatic heterocycles. The monoisotopic (exact) mass is 417 g/mol. The molecule has 0 aromatic carbocycles. The van der Waals surface area contributed by atoms with Gasteiger partial charge in [-0.3, -0.25) is 9.97 Å². The summed E-state index contributed by atoms with van der Waals surface area (Å²) in [6.07, 6.45) is 14.8. The van der Waals surface area contributed by atoms with Gasteiger partial charge in [0.1, 0.15) is 0 Å². The molecular formula is C24H27N5S. The Kier molecular flexibility index (Phi) is 5.49. The van der Waals surface area contributed by atoms with Gasteiger partial charge in [-0.2, -0.15) is 0 Å². The summed E-state index contributed by atoms with van der Waals surface area (Å²) in [4.78, 5) is 11.4. The number of rotatable bonds is 5. The zero-order valence-corrected chi connectivity index (χ0v) is 17.8. The predicted octanol–water partition coefficient (Wildman–Crippen LogP) is 4.96. The van der Waals surface area contributed by atoms with Crippen LogP contribution in [0.3, 0.4) is 0 Å². The molecule has 0 unspecified atom stereocenters. The van der Waals surface area contributed by atoms with E-state index in [1.807, 2.05) is 36.7 Å². The molecule has 6 heteroatoms.